The zero-order valence-electron chi connectivity index (χ0n) is 7.00. The van der Waals surface area contributed by atoms with Gasteiger partial charge in [-0.1, -0.05) is 18.7 Å². The number of hydrogen-bond acceptors (Lipinski definition) is 4. The van der Waals surface area contributed by atoms with Crippen LogP contribution in [0.1, 0.15) is 6.92 Å². The predicted molar refractivity (Wildman–Crippen MR) is 48.1 cm³/mol. The lowest BCUT2D eigenvalue weighted by molar-refractivity contribution is -0.124. The topological polar surface area (TPSA) is 49.4 Å². The lowest BCUT2D eigenvalue weighted by Gasteiger charge is -2.11. The van der Waals surface area contributed by atoms with E-state index in [1.807, 2.05) is 6.92 Å². The second-order valence-corrected chi connectivity index (χ2v) is 3.38. The number of carbonyl (C=O) groups is 2. The van der Waals surface area contributed by atoms with E-state index in [0.29, 0.717) is 18.8 Å². The molecule has 0 unspecified atom stereocenters. The van der Waals surface area contributed by atoms with E-state index in [9.17, 15) is 9.59 Å². The Balaban J connectivity index is 2.30. The van der Waals surface area contributed by atoms with Crippen LogP contribution in [0.2, 0.25) is 0 Å². The summed E-state index contributed by atoms with van der Waals surface area (Å²) in [6.45, 7) is 4.04. The van der Waals surface area contributed by atoms with Gasteiger partial charge in [0.2, 0.25) is 5.91 Å². The molecule has 1 heterocycles. The van der Waals surface area contributed by atoms with Gasteiger partial charge in [-0.25, -0.2) is 0 Å². The summed E-state index contributed by atoms with van der Waals surface area (Å²) in [7, 11) is 0. The van der Waals surface area contributed by atoms with E-state index in [-0.39, 0.29) is 11.1 Å². The Morgan fingerprint density at radius 3 is 2.83 bits per heavy atom. The van der Waals surface area contributed by atoms with E-state index in [1.54, 1.807) is 0 Å². The highest BCUT2D eigenvalue weighted by atomic mass is 32.2. The van der Waals surface area contributed by atoms with E-state index >= 15 is 0 Å². The molecule has 0 aromatic rings. The van der Waals surface area contributed by atoms with Crippen LogP contribution in [0.5, 0.6) is 0 Å². The molecule has 0 spiro atoms. The summed E-state index contributed by atoms with van der Waals surface area (Å²) in [4.78, 5) is 23.4. The molecule has 1 N–H and O–H groups in total. The van der Waals surface area contributed by atoms with Gasteiger partial charge in [-0.2, -0.15) is 0 Å². The van der Waals surface area contributed by atoms with Gasteiger partial charge >= 0.3 is 0 Å². The van der Waals surface area contributed by atoms with Crippen LogP contribution in [-0.2, 0) is 4.79 Å². The van der Waals surface area contributed by atoms with Crippen LogP contribution >= 0.6 is 11.8 Å². The zero-order chi connectivity index (χ0) is 8.97. The number of thioether (sulfide) groups is 1. The van der Waals surface area contributed by atoms with Crippen LogP contribution in [0.15, 0.2) is 0 Å². The van der Waals surface area contributed by atoms with E-state index in [2.05, 4.69) is 5.32 Å². The van der Waals surface area contributed by atoms with Crippen molar-refractivity contribution in [1.82, 2.24) is 10.2 Å². The quantitative estimate of drug-likeness (QED) is 0.644. The van der Waals surface area contributed by atoms with Crippen molar-refractivity contribution in [1.29, 1.82) is 0 Å². The third-order valence-corrected chi connectivity index (χ3v) is 2.46. The van der Waals surface area contributed by atoms with Gasteiger partial charge in [0.1, 0.15) is 0 Å². The number of carbonyl (C=O) groups excluding carboxylic acids is 2. The highest BCUT2D eigenvalue weighted by molar-refractivity contribution is 8.14. The SMILES string of the molecule is CCNCCN1C(=O)CSC1=O. The number of imide groups is 1. The van der Waals surface area contributed by atoms with Crippen LogP contribution in [0.25, 0.3) is 0 Å². The molecular weight excluding hydrogens is 176 g/mol. The number of hydrogen-bond donors (Lipinski definition) is 1. The number of rotatable bonds is 4. The maximum absolute atomic E-state index is 11.0. The molecule has 2 amide bonds. The van der Waals surface area contributed by atoms with Crippen molar-refractivity contribution in [2.24, 2.45) is 0 Å². The Morgan fingerprint density at radius 1 is 1.58 bits per heavy atom. The molecule has 1 aliphatic heterocycles. The molecule has 0 aromatic carbocycles. The molecule has 4 nitrogen and oxygen atoms in total. The van der Waals surface area contributed by atoms with Crippen molar-refractivity contribution >= 4 is 22.9 Å². The first-order valence-corrected chi connectivity index (χ1v) is 4.92. The van der Waals surface area contributed by atoms with Crippen molar-refractivity contribution in [2.75, 3.05) is 25.4 Å². The van der Waals surface area contributed by atoms with Crippen molar-refractivity contribution in [3.8, 4) is 0 Å². The average molecular weight is 188 g/mol. The highest BCUT2D eigenvalue weighted by Crippen LogP contribution is 2.17. The Kier molecular flexibility index (Phi) is 3.55. The largest absolute Gasteiger partial charge is 0.315 e. The van der Waals surface area contributed by atoms with E-state index in [4.69, 9.17) is 0 Å². The van der Waals surface area contributed by atoms with E-state index in [1.165, 1.54) is 4.90 Å². The molecule has 68 valence electrons. The van der Waals surface area contributed by atoms with Crippen LogP contribution in [0.4, 0.5) is 4.79 Å². The van der Waals surface area contributed by atoms with Crippen molar-refractivity contribution in [2.45, 2.75) is 6.92 Å². The summed E-state index contributed by atoms with van der Waals surface area (Å²) in [5.74, 6) is 0.244. The van der Waals surface area contributed by atoms with Gasteiger partial charge in [-0.3, -0.25) is 14.5 Å². The van der Waals surface area contributed by atoms with Gasteiger partial charge in [-0.05, 0) is 6.54 Å². The minimum Gasteiger partial charge on any atom is -0.315 e. The van der Waals surface area contributed by atoms with Gasteiger partial charge in [0.25, 0.3) is 5.24 Å². The standard InChI is InChI=1S/C7H12N2O2S/c1-2-8-3-4-9-6(10)5-12-7(9)11/h8H,2-5H2,1H3. The first-order valence-electron chi connectivity index (χ1n) is 3.93. The minimum atomic E-state index is -0.113. The van der Waals surface area contributed by atoms with Gasteiger partial charge < -0.3 is 5.32 Å². The van der Waals surface area contributed by atoms with Crippen molar-refractivity contribution in [3.63, 3.8) is 0 Å². The number of likely N-dealkylation sites (N-methyl/N-ethyl adjacent to an activating group) is 1. The van der Waals surface area contributed by atoms with Gasteiger partial charge in [0.05, 0.1) is 5.75 Å². The van der Waals surface area contributed by atoms with Crippen molar-refractivity contribution < 1.29 is 9.59 Å². The molecule has 12 heavy (non-hydrogen) atoms. The van der Waals surface area contributed by atoms with Gasteiger partial charge in [-0.15, -0.1) is 0 Å². The molecule has 0 radical (unpaired) electrons. The molecule has 0 atom stereocenters. The van der Waals surface area contributed by atoms with Crippen LogP contribution in [-0.4, -0.2) is 41.4 Å². The molecule has 5 heteroatoms. The number of nitrogens with one attached hydrogen (secondary N) is 1. The Morgan fingerprint density at radius 2 is 2.33 bits per heavy atom. The molecule has 0 aliphatic carbocycles. The molecule has 0 saturated carbocycles. The normalized spacial score (nSPS) is 17.6. The predicted octanol–water partition coefficient (Wildman–Crippen LogP) is 0.291. The molecule has 1 fully saturated rings. The average Bonchev–Trinajstić information content (AvgIpc) is 2.35. The van der Waals surface area contributed by atoms with E-state index in [0.717, 1.165) is 18.3 Å². The Labute approximate surface area is 75.7 Å². The van der Waals surface area contributed by atoms with Crippen LogP contribution in [0, 0.1) is 0 Å². The summed E-state index contributed by atoms with van der Waals surface area (Å²) in [5, 5.41) is 2.95. The molecule has 1 aliphatic rings. The maximum Gasteiger partial charge on any atom is 0.288 e. The van der Waals surface area contributed by atoms with E-state index < -0.39 is 0 Å². The monoisotopic (exact) mass is 188 g/mol. The fourth-order valence-electron chi connectivity index (χ4n) is 0.965. The number of nitrogens with zero attached hydrogens (tertiary/aromatic N) is 1. The minimum absolute atomic E-state index is 0.0668. The van der Waals surface area contributed by atoms with Crippen LogP contribution in [0.3, 0.4) is 0 Å². The fourth-order valence-corrected chi connectivity index (χ4v) is 1.72. The molecule has 0 bridgehead atoms. The molecule has 0 aromatic heterocycles. The zero-order valence-corrected chi connectivity index (χ0v) is 7.82. The van der Waals surface area contributed by atoms with Gasteiger partial charge in [0.15, 0.2) is 0 Å². The van der Waals surface area contributed by atoms with Crippen molar-refractivity contribution in [3.05, 3.63) is 0 Å². The Hall–Kier alpha value is -0.550. The summed E-state index contributed by atoms with van der Waals surface area (Å²) in [5.41, 5.74) is 0. The second kappa shape index (κ2) is 4.47. The highest BCUT2D eigenvalue weighted by Gasteiger charge is 2.28. The molecular formula is C7H12N2O2S. The second-order valence-electron chi connectivity index (χ2n) is 2.45. The van der Waals surface area contributed by atoms with Gasteiger partial charge in [0, 0.05) is 13.1 Å². The third kappa shape index (κ3) is 2.22. The fraction of sp³-hybridized carbons (Fsp3) is 0.714. The smallest absolute Gasteiger partial charge is 0.288 e. The third-order valence-electron chi connectivity index (χ3n) is 1.60. The Bertz CT molecular complexity index is 180. The first-order chi connectivity index (χ1) is 5.75. The molecule has 1 rings (SSSR count). The van der Waals surface area contributed by atoms with Crippen LogP contribution < -0.4 is 5.32 Å². The summed E-state index contributed by atoms with van der Waals surface area (Å²) < 4.78 is 0. The summed E-state index contributed by atoms with van der Waals surface area (Å²) in [6.07, 6.45) is 0. The first kappa shape index (κ1) is 9.54. The maximum atomic E-state index is 11.0. The summed E-state index contributed by atoms with van der Waals surface area (Å²) >= 11 is 1.08. The number of amides is 2. The lowest BCUT2D eigenvalue weighted by Crippen LogP contribution is -2.35. The lowest BCUT2D eigenvalue weighted by atomic mass is 10.5. The molecule has 1 saturated heterocycles. The summed E-state index contributed by atoms with van der Waals surface area (Å²) in [6, 6.07) is 0.